The number of nitrogens with zero attached hydrogens (tertiary/aromatic N) is 1. The molecule has 0 aliphatic heterocycles. The van der Waals surface area contributed by atoms with Crippen molar-refractivity contribution in [3.05, 3.63) is 82.6 Å². The number of sulfonamides is 1. The van der Waals surface area contributed by atoms with Crippen LogP contribution in [0.4, 0.5) is 11.4 Å². The standard InChI is InChI=1S/C18H13Cl2N3O3S/c19-15-10-16(20)17(27(25,26)23-13-7-4-8-21-11-13)9-14(15)18(24)22-12-5-2-1-3-6-12/h1-11,23H,(H,22,24). The van der Waals surface area contributed by atoms with E-state index in [1.807, 2.05) is 0 Å². The van der Waals surface area contributed by atoms with Crippen LogP contribution >= 0.6 is 23.2 Å². The largest absolute Gasteiger partial charge is 0.322 e. The number of benzene rings is 2. The summed E-state index contributed by atoms with van der Waals surface area (Å²) in [5.41, 5.74) is 0.793. The number of rotatable bonds is 5. The summed E-state index contributed by atoms with van der Waals surface area (Å²) in [6, 6.07) is 14.2. The fourth-order valence-electron chi connectivity index (χ4n) is 2.26. The van der Waals surface area contributed by atoms with Gasteiger partial charge in [-0.2, -0.15) is 0 Å². The van der Waals surface area contributed by atoms with Gasteiger partial charge < -0.3 is 5.32 Å². The Morgan fingerprint density at radius 1 is 0.926 bits per heavy atom. The monoisotopic (exact) mass is 421 g/mol. The third-order valence-corrected chi connectivity index (χ3v) is 5.66. The van der Waals surface area contributed by atoms with Gasteiger partial charge in [0.2, 0.25) is 0 Å². The molecule has 0 bridgehead atoms. The van der Waals surface area contributed by atoms with Crippen LogP contribution in [0.1, 0.15) is 10.4 Å². The molecule has 1 aromatic heterocycles. The Bertz CT molecular complexity index is 1080. The van der Waals surface area contributed by atoms with E-state index in [-0.39, 0.29) is 26.2 Å². The average molecular weight is 422 g/mol. The molecular weight excluding hydrogens is 409 g/mol. The number of nitrogens with one attached hydrogen (secondary N) is 2. The van der Waals surface area contributed by atoms with Crippen LogP contribution in [0.3, 0.4) is 0 Å². The lowest BCUT2D eigenvalue weighted by Gasteiger charge is -2.12. The molecule has 9 heteroatoms. The highest BCUT2D eigenvalue weighted by molar-refractivity contribution is 7.92. The molecule has 0 aliphatic rings. The fourth-order valence-corrected chi connectivity index (χ4v) is 4.17. The normalized spacial score (nSPS) is 11.0. The van der Waals surface area contributed by atoms with Gasteiger partial charge in [-0.1, -0.05) is 41.4 Å². The molecule has 2 N–H and O–H groups in total. The van der Waals surface area contributed by atoms with E-state index in [0.29, 0.717) is 5.69 Å². The van der Waals surface area contributed by atoms with Gasteiger partial charge in [-0.15, -0.1) is 0 Å². The lowest BCUT2D eigenvalue weighted by molar-refractivity contribution is 0.102. The topological polar surface area (TPSA) is 88.2 Å². The number of pyridine rings is 1. The third kappa shape index (κ3) is 4.57. The summed E-state index contributed by atoms with van der Waals surface area (Å²) in [7, 11) is -4.05. The number of carbonyl (C=O) groups is 1. The molecule has 0 unspecified atom stereocenters. The zero-order chi connectivity index (χ0) is 19.4. The highest BCUT2D eigenvalue weighted by Gasteiger charge is 2.23. The van der Waals surface area contributed by atoms with Gasteiger partial charge in [0.1, 0.15) is 4.90 Å². The van der Waals surface area contributed by atoms with Gasteiger partial charge in [-0.05, 0) is 36.4 Å². The summed E-state index contributed by atoms with van der Waals surface area (Å²) in [5, 5.41) is 2.59. The Morgan fingerprint density at radius 2 is 1.63 bits per heavy atom. The van der Waals surface area contributed by atoms with Gasteiger partial charge in [0.25, 0.3) is 15.9 Å². The first-order chi connectivity index (χ1) is 12.9. The fraction of sp³-hybridized carbons (Fsp3) is 0. The third-order valence-electron chi connectivity index (χ3n) is 3.50. The maximum Gasteiger partial charge on any atom is 0.263 e. The SMILES string of the molecule is O=C(Nc1ccccc1)c1cc(S(=O)(=O)Nc2cccnc2)c(Cl)cc1Cl. The van der Waals surface area contributed by atoms with Crippen LogP contribution < -0.4 is 10.0 Å². The van der Waals surface area contributed by atoms with Crippen molar-refractivity contribution in [2.75, 3.05) is 10.0 Å². The summed E-state index contributed by atoms with van der Waals surface area (Å²) in [4.78, 5) is 16.1. The number of halogens is 2. The quantitative estimate of drug-likeness (QED) is 0.636. The van der Waals surface area contributed by atoms with Crippen molar-refractivity contribution in [2.45, 2.75) is 4.90 Å². The molecule has 3 rings (SSSR count). The van der Waals surface area contributed by atoms with E-state index in [9.17, 15) is 13.2 Å². The average Bonchev–Trinajstić information content (AvgIpc) is 2.62. The second-order valence-electron chi connectivity index (χ2n) is 5.43. The van der Waals surface area contributed by atoms with Crippen LogP contribution in [-0.4, -0.2) is 19.3 Å². The van der Waals surface area contributed by atoms with Crippen LogP contribution in [0.2, 0.25) is 10.0 Å². The first-order valence-corrected chi connectivity index (χ1v) is 9.89. The molecule has 0 fully saturated rings. The molecule has 138 valence electrons. The number of hydrogen-bond donors (Lipinski definition) is 2. The Balaban J connectivity index is 1.95. The summed E-state index contributed by atoms with van der Waals surface area (Å²) in [6.07, 6.45) is 2.86. The number of amides is 1. The van der Waals surface area contributed by atoms with Crippen molar-refractivity contribution in [3.63, 3.8) is 0 Å². The van der Waals surface area contributed by atoms with Crippen molar-refractivity contribution in [1.29, 1.82) is 0 Å². The van der Waals surface area contributed by atoms with Gasteiger partial charge in [-0.25, -0.2) is 8.42 Å². The van der Waals surface area contributed by atoms with Crippen LogP contribution in [0.5, 0.6) is 0 Å². The molecule has 0 saturated carbocycles. The smallest absolute Gasteiger partial charge is 0.263 e. The molecule has 0 atom stereocenters. The van der Waals surface area contributed by atoms with E-state index >= 15 is 0 Å². The van der Waals surface area contributed by atoms with Crippen molar-refractivity contribution in [2.24, 2.45) is 0 Å². The van der Waals surface area contributed by atoms with E-state index < -0.39 is 15.9 Å². The zero-order valence-electron chi connectivity index (χ0n) is 13.7. The second-order valence-corrected chi connectivity index (χ2v) is 7.90. The predicted octanol–water partition coefficient (Wildman–Crippen LogP) is 4.44. The molecular formula is C18H13Cl2N3O3S. The molecule has 1 heterocycles. The summed E-state index contributed by atoms with van der Waals surface area (Å²) in [5.74, 6) is -0.555. The minimum atomic E-state index is -4.05. The van der Waals surface area contributed by atoms with E-state index in [1.54, 1.807) is 36.4 Å². The molecule has 6 nitrogen and oxygen atoms in total. The predicted molar refractivity (Wildman–Crippen MR) is 106 cm³/mol. The first-order valence-electron chi connectivity index (χ1n) is 7.65. The van der Waals surface area contributed by atoms with E-state index in [2.05, 4.69) is 15.0 Å². The second kappa shape index (κ2) is 7.96. The maximum atomic E-state index is 12.7. The Labute approximate surface area is 166 Å². The maximum absolute atomic E-state index is 12.7. The highest BCUT2D eigenvalue weighted by atomic mass is 35.5. The number of anilines is 2. The van der Waals surface area contributed by atoms with Crippen molar-refractivity contribution in [1.82, 2.24) is 4.98 Å². The molecule has 0 saturated heterocycles. The Morgan fingerprint density at radius 3 is 2.30 bits per heavy atom. The molecule has 0 radical (unpaired) electrons. The summed E-state index contributed by atoms with van der Waals surface area (Å²) >= 11 is 12.2. The van der Waals surface area contributed by atoms with Crippen molar-refractivity contribution < 1.29 is 13.2 Å². The molecule has 27 heavy (non-hydrogen) atoms. The van der Waals surface area contributed by atoms with Crippen LogP contribution in [0.15, 0.2) is 71.9 Å². The minimum Gasteiger partial charge on any atom is -0.322 e. The van der Waals surface area contributed by atoms with Crippen LogP contribution in [0, 0.1) is 0 Å². The number of para-hydroxylation sites is 1. The lowest BCUT2D eigenvalue weighted by atomic mass is 10.2. The highest BCUT2D eigenvalue weighted by Crippen LogP contribution is 2.30. The number of carbonyl (C=O) groups excluding carboxylic acids is 1. The molecule has 3 aromatic rings. The van der Waals surface area contributed by atoms with E-state index in [0.717, 1.165) is 6.07 Å². The van der Waals surface area contributed by atoms with Gasteiger partial charge in [0.15, 0.2) is 0 Å². The molecule has 0 spiro atoms. The van der Waals surface area contributed by atoms with E-state index in [4.69, 9.17) is 23.2 Å². The Hall–Kier alpha value is -2.61. The minimum absolute atomic E-state index is 0.0171. The summed E-state index contributed by atoms with van der Waals surface area (Å²) < 4.78 is 27.7. The van der Waals surface area contributed by atoms with Crippen LogP contribution in [0.25, 0.3) is 0 Å². The van der Waals surface area contributed by atoms with Gasteiger partial charge >= 0.3 is 0 Å². The van der Waals surface area contributed by atoms with E-state index in [1.165, 1.54) is 24.5 Å². The van der Waals surface area contributed by atoms with Crippen molar-refractivity contribution >= 4 is 50.5 Å². The van der Waals surface area contributed by atoms with Crippen molar-refractivity contribution in [3.8, 4) is 0 Å². The molecule has 2 aromatic carbocycles. The first kappa shape index (κ1) is 19.2. The molecule has 1 amide bonds. The van der Waals surface area contributed by atoms with Gasteiger partial charge in [0, 0.05) is 11.9 Å². The number of hydrogen-bond acceptors (Lipinski definition) is 4. The number of aromatic nitrogens is 1. The van der Waals surface area contributed by atoms with Gasteiger partial charge in [-0.3, -0.25) is 14.5 Å². The lowest BCUT2D eigenvalue weighted by Crippen LogP contribution is -2.17. The molecule has 0 aliphatic carbocycles. The van der Waals surface area contributed by atoms with Crippen LogP contribution in [-0.2, 0) is 10.0 Å². The summed E-state index contributed by atoms with van der Waals surface area (Å²) in [6.45, 7) is 0. The zero-order valence-corrected chi connectivity index (χ0v) is 16.0. The Kier molecular flexibility index (Phi) is 5.65. The van der Waals surface area contributed by atoms with Gasteiger partial charge in [0.05, 0.1) is 27.5 Å².